The minimum atomic E-state index is -0.410. The Hall–Kier alpha value is -3.12. The molecule has 0 atom stereocenters. The molecule has 1 N–H and O–H groups in total. The molecule has 0 amide bonds. The third-order valence-corrected chi connectivity index (χ3v) is 4.60. The maximum Gasteiger partial charge on any atom is 0.404 e. The summed E-state index contributed by atoms with van der Waals surface area (Å²) in [6.45, 7) is 4.24. The third kappa shape index (κ3) is 5.70. The lowest BCUT2D eigenvalue weighted by Crippen LogP contribution is -2.38. The van der Waals surface area contributed by atoms with Gasteiger partial charge in [0.05, 0.1) is 13.2 Å². The first-order valence-corrected chi connectivity index (χ1v) is 10.2. The molecule has 30 heavy (non-hydrogen) atoms. The van der Waals surface area contributed by atoms with Crippen LogP contribution >= 0.6 is 0 Å². The lowest BCUT2D eigenvalue weighted by atomic mass is 10.1. The van der Waals surface area contributed by atoms with Crippen LogP contribution in [0, 0.1) is 11.1 Å². The van der Waals surface area contributed by atoms with E-state index < -0.39 is 6.61 Å². The van der Waals surface area contributed by atoms with Crippen molar-refractivity contribution in [3.05, 3.63) is 88.4 Å². The van der Waals surface area contributed by atoms with Gasteiger partial charge in [0, 0.05) is 12.8 Å². The molecule has 1 heterocycles. The first kappa shape index (κ1) is 21.6. The molecule has 3 rings (SSSR count). The smallest absolute Gasteiger partial charge is 0.404 e. The van der Waals surface area contributed by atoms with Crippen molar-refractivity contribution in [2.75, 3.05) is 6.61 Å². The summed E-state index contributed by atoms with van der Waals surface area (Å²) in [5.74, 6) is 0.501. The van der Waals surface area contributed by atoms with Crippen molar-refractivity contribution >= 4 is 0 Å². The largest absolute Gasteiger partial charge is 0.616 e. The van der Waals surface area contributed by atoms with E-state index in [1.54, 1.807) is 0 Å². The average molecular weight is 408 g/mol. The van der Waals surface area contributed by atoms with E-state index in [0.29, 0.717) is 25.1 Å². The number of aromatic nitrogens is 2. The molecule has 158 valence electrons. The molecular formula is C24H28N2O4. The van der Waals surface area contributed by atoms with E-state index in [-0.39, 0.29) is 30.0 Å². The zero-order chi connectivity index (χ0) is 21.3. The number of benzene rings is 2. The lowest BCUT2D eigenvalue weighted by Gasteiger charge is -2.16. The summed E-state index contributed by atoms with van der Waals surface area (Å²) in [7, 11) is 0. The van der Waals surface area contributed by atoms with Crippen molar-refractivity contribution in [3.8, 4) is 11.8 Å². The van der Waals surface area contributed by atoms with Gasteiger partial charge in [-0.05, 0) is 17.0 Å². The molecule has 2 aromatic carbocycles. The second-order valence-corrected chi connectivity index (χ2v) is 7.52. The van der Waals surface area contributed by atoms with Gasteiger partial charge in [0.1, 0.15) is 6.61 Å². The quantitative estimate of drug-likeness (QED) is 0.410. The van der Waals surface area contributed by atoms with Gasteiger partial charge >= 0.3 is 5.88 Å². The van der Waals surface area contributed by atoms with E-state index >= 15 is 0 Å². The molecule has 0 unspecified atom stereocenters. The van der Waals surface area contributed by atoms with Crippen molar-refractivity contribution in [2.24, 2.45) is 5.92 Å². The first-order chi connectivity index (χ1) is 14.6. The van der Waals surface area contributed by atoms with Crippen LogP contribution in [0.5, 0.6) is 11.8 Å². The van der Waals surface area contributed by atoms with Crippen LogP contribution in [0.2, 0.25) is 0 Å². The highest BCUT2D eigenvalue weighted by Crippen LogP contribution is 2.23. The first-order valence-electron chi connectivity index (χ1n) is 10.2. The fourth-order valence-corrected chi connectivity index (χ4v) is 3.12. The average Bonchev–Trinajstić information content (AvgIpc) is 2.76. The van der Waals surface area contributed by atoms with Crippen LogP contribution in [0.15, 0.2) is 60.7 Å². The summed E-state index contributed by atoms with van der Waals surface area (Å²) >= 11 is 0. The predicted octanol–water partition coefficient (Wildman–Crippen LogP) is 3.61. The van der Waals surface area contributed by atoms with Crippen LogP contribution in [-0.4, -0.2) is 16.7 Å². The van der Waals surface area contributed by atoms with Crippen molar-refractivity contribution in [1.29, 1.82) is 0 Å². The molecule has 0 saturated heterocycles. The Balaban J connectivity index is 1.83. The number of rotatable bonds is 10. The van der Waals surface area contributed by atoms with Crippen LogP contribution in [0.3, 0.4) is 0 Å². The number of aliphatic hydroxyl groups excluding tert-OH is 1. The molecule has 6 nitrogen and oxygen atoms in total. The summed E-state index contributed by atoms with van der Waals surface area (Å²) in [5, 5.41) is 22.9. The van der Waals surface area contributed by atoms with E-state index in [4.69, 9.17) is 9.47 Å². The van der Waals surface area contributed by atoms with Gasteiger partial charge in [-0.2, -0.15) is 4.98 Å². The molecule has 6 heteroatoms. The van der Waals surface area contributed by atoms with Crippen molar-refractivity contribution in [2.45, 2.75) is 39.9 Å². The normalized spacial score (nSPS) is 10.9. The van der Waals surface area contributed by atoms with Gasteiger partial charge in [0.2, 0.25) is 0 Å². The lowest BCUT2D eigenvalue weighted by molar-refractivity contribution is -0.623. The van der Waals surface area contributed by atoms with E-state index in [2.05, 4.69) is 4.98 Å². The molecule has 0 spiro atoms. The van der Waals surface area contributed by atoms with Crippen LogP contribution in [-0.2, 0) is 26.1 Å². The Morgan fingerprint density at radius 2 is 1.60 bits per heavy atom. The monoisotopic (exact) mass is 408 g/mol. The molecule has 3 aromatic rings. The molecule has 0 aliphatic heterocycles. The highest BCUT2D eigenvalue weighted by atomic mass is 16.6. The molecule has 0 aliphatic rings. The van der Waals surface area contributed by atoms with Gasteiger partial charge in [0.15, 0.2) is 5.69 Å². The van der Waals surface area contributed by atoms with Gasteiger partial charge in [-0.25, -0.2) is 0 Å². The molecule has 0 fully saturated rings. The summed E-state index contributed by atoms with van der Waals surface area (Å²) in [5.41, 5.74) is 2.67. The van der Waals surface area contributed by atoms with Crippen LogP contribution in [0.4, 0.5) is 0 Å². The SMILES string of the molecule is CC(C)Cc1c(OCc2ccccc2)nc(CO)c(OCCc2ccccc2)[n+]1[O-]. The van der Waals surface area contributed by atoms with Gasteiger partial charge in [0.25, 0.3) is 11.6 Å². The molecule has 0 saturated carbocycles. The maximum atomic E-state index is 13.1. The standard InChI is InChI=1S/C24H28N2O4/c1-18(2)15-22-23(30-17-20-11-7-4-8-12-20)25-21(16-27)24(26(22)28)29-14-13-19-9-5-3-6-10-19/h3-12,18,27H,13-17H2,1-2H3. The molecule has 1 aromatic heterocycles. The van der Waals surface area contributed by atoms with Crippen molar-refractivity contribution in [1.82, 2.24) is 4.98 Å². The van der Waals surface area contributed by atoms with Gasteiger partial charge < -0.3 is 19.8 Å². The summed E-state index contributed by atoms with van der Waals surface area (Å²) < 4.78 is 12.4. The Bertz CT molecular complexity index is 931. The fourth-order valence-electron chi connectivity index (χ4n) is 3.12. The number of hydrogen-bond donors (Lipinski definition) is 1. The highest BCUT2D eigenvalue weighted by Gasteiger charge is 2.27. The summed E-state index contributed by atoms with van der Waals surface area (Å²) in [6.07, 6.45) is 1.14. The van der Waals surface area contributed by atoms with Gasteiger partial charge in [-0.3, -0.25) is 0 Å². The summed E-state index contributed by atoms with van der Waals surface area (Å²) in [6, 6.07) is 19.6. The fraction of sp³-hybridized carbons (Fsp3) is 0.333. The molecule has 0 bridgehead atoms. The van der Waals surface area contributed by atoms with E-state index in [0.717, 1.165) is 15.9 Å². The van der Waals surface area contributed by atoms with Gasteiger partial charge in [-0.1, -0.05) is 74.5 Å². The van der Waals surface area contributed by atoms with E-state index in [1.807, 2.05) is 74.5 Å². The Kier molecular flexibility index (Phi) is 7.63. The third-order valence-electron chi connectivity index (χ3n) is 4.60. The minimum Gasteiger partial charge on any atom is -0.616 e. The van der Waals surface area contributed by atoms with E-state index in [9.17, 15) is 10.3 Å². The minimum absolute atomic E-state index is 0.0381. The van der Waals surface area contributed by atoms with Gasteiger partial charge in [-0.15, -0.1) is 4.73 Å². The number of ether oxygens (including phenoxy) is 2. The second-order valence-electron chi connectivity index (χ2n) is 7.52. The molecule has 0 radical (unpaired) electrons. The van der Waals surface area contributed by atoms with Crippen LogP contribution in [0.25, 0.3) is 0 Å². The zero-order valence-corrected chi connectivity index (χ0v) is 17.5. The number of hydrogen-bond acceptors (Lipinski definition) is 5. The number of aliphatic hydroxyl groups is 1. The van der Waals surface area contributed by atoms with Crippen molar-refractivity contribution in [3.63, 3.8) is 0 Å². The van der Waals surface area contributed by atoms with Crippen LogP contribution in [0.1, 0.15) is 36.4 Å². The maximum absolute atomic E-state index is 13.1. The Morgan fingerprint density at radius 1 is 0.967 bits per heavy atom. The Morgan fingerprint density at radius 3 is 2.20 bits per heavy atom. The summed E-state index contributed by atoms with van der Waals surface area (Å²) in [4.78, 5) is 4.43. The number of nitrogens with zero attached hydrogens (tertiary/aromatic N) is 2. The predicted molar refractivity (Wildman–Crippen MR) is 114 cm³/mol. The highest BCUT2D eigenvalue weighted by molar-refractivity contribution is 5.24. The Labute approximate surface area is 177 Å². The zero-order valence-electron chi connectivity index (χ0n) is 17.5. The molecule has 0 aliphatic carbocycles. The topological polar surface area (TPSA) is 78.5 Å². The van der Waals surface area contributed by atoms with Crippen LogP contribution < -0.4 is 14.2 Å². The van der Waals surface area contributed by atoms with Crippen molar-refractivity contribution < 1.29 is 19.3 Å². The van der Waals surface area contributed by atoms with E-state index in [1.165, 1.54) is 0 Å². The molecular weight excluding hydrogens is 380 g/mol. The second kappa shape index (κ2) is 10.6.